The number of benzene rings is 2. The number of para-hydroxylation sites is 1. The molecule has 2 rings (SSSR count). The maximum Gasteiger partial charge on any atom is 0.335 e. The molecule has 0 aliphatic rings. The molecule has 0 saturated heterocycles. The number of rotatable bonds is 4. The van der Waals surface area contributed by atoms with Crippen molar-refractivity contribution in [1.29, 1.82) is 0 Å². The molecule has 0 radical (unpaired) electrons. The van der Waals surface area contributed by atoms with Gasteiger partial charge in [-0.15, -0.1) is 0 Å². The minimum atomic E-state index is -0.981. The summed E-state index contributed by atoms with van der Waals surface area (Å²) in [7, 11) is 0. The SMILES string of the molecule is C=CC(=O)O.C=CC(=O)Oc1ccccc1.C=Cc1ccccc1. The van der Waals surface area contributed by atoms with Crippen LogP contribution in [-0.4, -0.2) is 17.0 Å². The van der Waals surface area contributed by atoms with Gasteiger partial charge in [-0.1, -0.05) is 74.3 Å². The molecule has 0 aliphatic carbocycles. The lowest BCUT2D eigenvalue weighted by molar-refractivity contribution is -0.131. The van der Waals surface area contributed by atoms with E-state index in [2.05, 4.69) is 19.7 Å². The number of aliphatic carboxylic acids is 1. The Morgan fingerprint density at radius 2 is 1.29 bits per heavy atom. The van der Waals surface area contributed by atoms with Crippen LogP contribution in [0.2, 0.25) is 0 Å². The van der Waals surface area contributed by atoms with Crippen molar-refractivity contribution >= 4 is 18.0 Å². The van der Waals surface area contributed by atoms with Crippen molar-refractivity contribution in [3.63, 3.8) is 0 Å². The highest BCUT2D eigenvalue weighted by molar-refractivity contribution is 5.83. The summed E-state index contributed by atoms with van der Waals surface area (Å²) in [5, 5.41) is 7.60. The molecule has 0 fully saturated rings. The third-order valence-corrected chi connectivity index (χ3v) is 2.34. The fourth-order valence-corrected chi connectivity index (χ4v) is 1.24. The molecule has 0 heterocycles. The van der Waals surface area contributed by atoms with Crippen LogP contribution >= 0.6 is 0 Å². The van der Waals surface area contributed by atoms with Crippen LogP contribution in [-0.2, 0) is 9.59 Å². The lowest BCUT2D eigenvalue weighted by Crippen LogP contribution is -2.02. The van der Waals surface area contributed by atoms with Gasteiger partial charge in [-0.25, -0.2) is 9.59 Å². The number of hydrogen-bond acceptors (Lipinski definition) is 3. The van der Waals surface area contributed by atoms with E-state index in [0.717, 1.165) is 12.2 Å². The van der Waals surface area contributed by atoms with E-state index < -0.39 is 11.9 Å². The second-order valence-electron chi connectivity index (χ2n) is 4.10. The smallest absolute Gasteiger partial charge is 0.335 e. The summed E-state index contributed by atoms with van der Waals surface area (Å²) in [6.45, 7) is 9.87. The van der Waals surface area contributed by atoms with Crippen LogP contribution in [0, 0.1) is 0 Å². The van der Waals surface area contributed by atoms with Gasteiger partial charge in [0.15, 0.2) is 0 Å². The number of esters is 1. The summed E-state index contributed by atoms with van der Waals surface area (Å²) < 4.78 is 4.81. The molecule has 0 saturated carbocycles. The fraction of sp³-hybridized carbons (Fsp3) is 0. The first-order valence-corrected chi connectivity index (χ1v) is 6.95. The van der Waals surface area contributed by atoms with Crippen molar-refractivity contribution in [2.45, 2.75) is 0 Å². The van der Waals surface area contributed by atoms with E-state index in [1.807, 2.05) is 42.5 Å². The minimum Gasteiger partial charge on any atom is -0.478 e. The van der Waals surface area contributed by atoms with Crippen LogP contribution < -0.4 is 4.74 Å². The highest BCUT2D eigenvalue weighted by Gasteiger charge is 1.95. The predicted octanol–water partition coefficient (Wildman–Crippen LogP) is 4.36. The largest absolute Gasteiger partial charge is 0.478 e. The predicted molar refractivity (Wildman–Crippen MR) is 96.6 cm³/mol. The lowest BCUT2D eigenvalue weighted by atomic mass is 10.2. The molecule has 124 valence electrons. The van der Waals surface area contributed by atoms with Gasteiger partial charge in [0.1, 0.15) is 5.75 Å². The zero-order valence-electron chi connectivity index (χ0n) is 13.3. The highest BCUT2D eigenvalue weighted by Crippen LogP contribution is 2.08. The highest BCUT2D eigenvalue weighted by atomic mass is 16.5. The first-order valence-electron chi connectivity index (χ1n) is 6.95. The van der Waals surface area contributed by atoms with Crippen molar-refractivity contribution in [2.24, 2.45) is 0 Å². The van der Waals surface area contributed by atoms with E-state index >= 15 is 0 Å². The maximum atomic E-state index is 10.6. The average molecular weight is 324 g/mol. The molecule has 0 aromatic heterocycles. The Kier molecular flexibility index (Phi) is 11.4. The minimum absolute atomic E-state index is 0.434. The van der Waals surface area contributed by atoms with Gasteiger partial charge in [0.05, 0.1) is 0 Å². The average Bonchev–Trinajstić information content (AvgIpc) is 2.64. The lowest BCUT2D eigenvalue weighted by Gasteiger charge is -1.98. The molecule has 0 amide bonds. The van der Waals surface area contributed by atoms with Crippen LogP contribution in [0.5, 0.6) is 5.75 Å². The van der Waals surface area contributed by atoms with Gasteiger partial charge < -0.3 is 9.84 Å². The first-order chi connectivity index (χ1) is 11.5. The topological polar surface area (TPSA) is 63.6 Å². The second kappa shape index (κ2) is 13.3. The summed E-state index contributed by atoms with van der Waals surface area (Å²) >= 11 is 0. The van der Waals surface area contributed by atoms with Gasteiger partial charge in [-0.2, -0.15) is 0 Å². The molecule has 2 aromatic rings. The molecule has 0 unspecified atom stereocenters. The Morgan fingerprint density at radius 3 is 1.62 bits per heavy atom. The van der Waals surface area contributed by atoms with Gasteiger partial charge >= 0.3 is 11.9 Å². The Hall–Kier alpha value is -3.40. The van der Waals surface area contributed by atoms with Crippen LogP contribution in [0.15, 0.2) is 92.6 Å². The van der Waals surface area contributed by atoms with Gasteiger partial charge in [0, 0.05) is 12.2 Å². The first kappa shape index (κ1) is 20.6. The van der Waals surface area contributed by atoms with E-state index in [4.69, 9.17) is 9.84 Å². The third-order valence-electron chi connectivity index (χ3n) is 2.34. The molecule has 4 nitrogen and oxygen atoms in total. The third kappa shape index (κ3) is 11.3. The molecular weight excluding hydrogens is 304 g/mol. The van der Waals surface area contributed by atoms with Gasteiger partial charge in [-0.05, 0) is 17.7 Å². The van der Waals surface area contributed by atoms with E-state index in [9.17, 15) is 9.59 Å². The number of carboxylic acids is 1. The molecule has 4 heteroatoms. The van der Waals surface area contributed by atoms with E-state index in [1.165, 1.54) is 5.56 Å². The normalized spacial score (nSPS) is 8.17. The quantitative estimate of drug-likeness (QED) is 0.515. The van der Waals surface area contributed by atoms with Crippen molar-refractivity contribution in [3.05, 3.63) is 98.1 Å². The Bertz CT molecular complexity index is 646. The van der Waals surface area contributed by atoms with Gasteiger partial charge in [0.2, 0.25) is 0 Å². The Balaban J connectivity index is 0.000000358. The molecule has 1 N–H and O–H groups in total. The summed E-state index contributed by atoms with van der Waals surface area (Å²) in [5.41, 5.74) is 1.17. The van der Waals surface area contributed by atoms with Crippen molar-refractivity contribution in [1.82, 2.24) is 0 Å². The molecular formula is C20H20O4. The molecule has 0 spiro atoms. The summed E-state index contributed by atoms with van der Waals surface area (Å²) in [6.07, 6.45) is 3.80. The standard InChI is InChI=1S/C9H8O2.C8H8.C3H4O2/c1-2-9(10)11-8-6-4-3-5-7-8;1-2-8-6-4-3-5-7-8;1-2-3(4)5/h2-7H,1H2;2-7H,1H2;2H,1H2,(H,4,5). The molecule has 0 atom stereocenters. The van der Waals surface area contributed by atoms with Crippen molar-refractivity contribution < 1.29 is 19.4 Å². The van der Waals surface area contributed by atoms with Gasteiger partial charge in [-0.3, -0.25) is 0 Å². The molecule has 24 heavy (non-hydrogen) atoms. The maximum absolute atomic E-state index is 10.6. The zero-order chi connectivity index (χ0) is 18.2. The number of ether oxygens (including phenoxy) is 1. The zero-order valence-corrected chi connectivity index (χ0v) is 13.3. The van der Waals surface area contributed by atoms with E-state index in [1.54, 1.807) is 24.3 Å². The second-order valence-corrected chi connectivity index (χ2v) is 4.10. The summed E-state index contributed by atoms with van der Waals surface area (Å²) in [6, 6.07) is 18.9. The summed E-state index contributed by atoms with van der Waals surface area (Å²) in [5.74, 6) is -0.876. The summed E-state index contributed by atoms with van der Waals surface area (Å²) in [4.78, 5) is 19.9. The monoisotopic (exact) mass is 324 g/mol. The van der Waals surface area contributed by atoms with E-state index in [-0.39, 0.29) is 0 Å². The van der Waals surface area contributed by atoms with Crippen LogP contribution in [0.3, 0.4) is 0 Å². The Morgan fingerprint density at radius 1 is 0.833 bits per heavy atom. The molecule has 2 aromatic carbocycles. The number of hydrogen-bond donors (Lipinski definition) is 1. The van der Waals surface area contributed by atoms with Crippen LogP contribution in [0.4, 0.5) is 0 Å². The number of carboxylic acid groups (broad SMARTS) is 1. The molecule has 0 aliphatic heterocycles. The van der Waals surface area contributed by atoms with Crippen LogP contribution in [0.25, 0.3) is 6.08 Å². The van der Waals surface area contributed by atoms with Crippen LogP contribution in [0.1, 0.15) is 5.56 Å². The van der Waals surface area contributed by atoms with Gasteiger partial charge in [0.25, 0.3) is 0 Å². The van der Waals surface area contributed by atoms with Crippen molar-refractivity contribution in [3.8, 4) is 5.75 Å². The number of carbonyl (C=O) groups is 2. The molecule has 0 bridgehead atoms. The fourth-order valence-electron chi connectivity index (χ4n) is 1.24. The number of carbonyl (C=O) groups excluding carboxylic acids is 1. The van der Waals surface area contributed by atoms with E-state index in [0.29, 0.717) is 5.75 Å². The Labute approximate surface area is 142 Å². The van der Waals surface area contributed by atoms with Crippen molar-refractivity contribution in [2.75, 3.05) is 0 Å².